The molecular formula is C23H40N4O3. The van der Waals surface area contributed by atoms with Gasteiger partial charge >= 0.3 is 5.97 Å². The van der Waals surface area contributed by atoms with E-state index in [-0.39, 0.29) is 31.2 Å². The van der Waals surface area contributed by atoms with Gasteiger partial charge in [-0.25, -0.2) is 0 Å². The first-order valence-electron chi connectivity index (χ1n) is 10.8. The first kappa shape index (κ1) is 27.8. The van der Waals surface area contributed by atoms with Crippen molar-refractivity contribution in [2.75, 3.05) is 13.7 Å². The van der Waals surface area contributed by atoms with E-state index in [9.17, 15) is 9.90 Å². The summed E-state index contributed by atoms with van der Waals surface area (Å²) in [7, 11) is 1.36. The van der Waals surface area contributed by atoms with Crippen LogP contribution in [0.2, 0.25) is 0 Å². The Kier molecular flexibility index (Phi) is 15.3. The van der Waals surface area contributed by atoms with Gasteiger partial charge in [-0.1, -0.05) is 64.1 Å². The van der Waals surface area contributed by atoms with Crippen molar-refractivity contribution in [1.82, 2.24) is 14.7 Å². The average Bonchev–Trinajstić information content (AvgIpc) is 3.35. The zero-order valence-corrected chi connectivity index (χ0v) is 19.4. The van der Waals surface area contributed by atoms with Crippen LogP contribution in [0.4, 0.5) is 0 Å². The number of aliphatic hydroxyl groups is 1. The van der Waals surface area contributed by atoms with Crippen molar-refractivity contribution in [3.63, 3.8) is 0 Å². The molecule has 30 heavy (non-hydrogen) atoms. The van der Waals surface area contributed by atoms with Crippen LogP contribution in [0.1, 0.15) is 52.3 Å². The SMILES string of the molecule is CC.CC.COC(=O)Cn1cc2c(n1)CN(C(CO)C[C@@H](C)N)C2.c1ccccc1. The second-order valence-electron chi connectivity index (χ2n) is 6.48. The number of benzene rings is 1. The lowest BCUT2D eigenvalue weighted by Gasteiger charge is -2.27. The molecule has 0 aliphatic carbocycles. The molecular weight excluding hydrogens is 380 g/mol. The molecule has 7 heteroatoms. The molecule has 0 saturated carbocycles. The zero-order valence-electron chi connectivity index (χ0n) is 19.4. The van der Waals surface area contributed by atoms with Crippen molar-refractivity contribution in [1.29, 1.82) is 0 Å². The molecule has 0 fully saturated rings. The van der Waals surface area contributed by atoms with Gasteiger partial charge in [0.25, 0.3) is 0 Å². The van der Waals surface area contributed by atoms with E-state index < -0.39 is 0 Å². The highest BCUT2D eigenvalue weighted by Crippen LogP contribution is 2.24. The van der Waals surface area contributed by atoms with E-state index in [2.05, 4.69) is 14.7 Å². The molecule has 3 rings (SSSR count). The summed E-state index contributed by atoms with van der Waals surface area (Å²) >= 11 is 0. The Morgan fingerprint density at radius 1 is 1.13 bits per heavy atom. The van der Waals surface area contributed by atoms with Crippen LogP contribution in [0.3, 0.4) is 0 Å². The van der Waals surface area contributed by atoms with Gasteiger partial charge in [-0.3, -0.25) is 14.4 Å². The number of esters is 1. The summed E-state index contributed by atoms with van der Waals surface area (Å²) in [5, 5.41) is 13.9. The number of fused-ring (bicyclic) bond motifs is 1. The second-order valence-corrected chi connectivity index (χ2v) is 6.48. The molecule has 1 aliphatic rings. The molecule has 3 N–H and O–H groups in total. The normalized spacial score (nSPS) is 13.9. The average molecular weight is 421 g/mol. The molecule has 2 heterocycles. The lowest BCUT2D eigenvalue weighted by molar-refractivity contribution is -0.141. The van der Waals surface area contributed by atoms with Crippen molar-refractivity contribution in [3.05, 3.63) is 53.9 Å². The van der Waals surface area contributed by atoms with Crippen LogP contribution >= 0.6 is 0 Å². The number of hydrogen-bond donors (Lipinski definition) is 2. The quantitative estimate of drug-likeness (QED) is 0.697. The molecule has 2 aromatic rings. The predicted molar refractivity (Wildman–Crippen MR) is 122 cm³/mol. The molecule has 2 atom stereocenters. The highest BCUT2D eigenvalue weighted by molar-refractivity contribution is 5.68. The van der Waals surface area contributed by atoms with Crippen LogP contribution in [-0.4, -0.2) is 51.6 Å². The van der Waals surface area contributed by atoms with Crippen molar-refractivity contribution in [2.24, 2.45) is 5.73 Å². The summed E-state index contributed by atoms with van der Waals surface area (Å²) in [6, 6.07) is 12.1. The third kappa shape index (κ3) is 10.0. The van der Waals surface area contributed by atoms with E-state index >= 15 is 0 Å². The van der Waals surface area contributed by atoms with E-state index in [1.165, 1.54) is 7.11 Å². The minimum absolute atomic E-state index is 0.0539. The smallest absolute Gasteiger partial charge is 0.327 e. The van der Waals surface area contributed by atoms with Crippen LogP contribution in [0.15, 0.2) is 42.6 Å². The Morgan fingerprint density at radius 2 is 1.67 bits per heavy atom. The number of aromatic nitrogens is 2. The van der Waals surface area contributed by atoms with Gasteiger partial charge in [-0.2, -0.15) is 5.10 Å². The Bertz CT molecular complexity index is 624. The van der Waals surface area contributed by atoms with Gasteiger partial charge in [-0.05, 0) is 13.3 Å². The molecule has 7 nitrogen and oxygen atoms in total. The first-order chi connectivity index (χ1) is 14.5. The monoisotopic (exact) mass is 420 g/mol. The standard InChI is InChI=1S/C13H22N4O3.C6H6.2C2H6/c1-9(14)3-11(8-18)16-4-10-5-17(7-13(19)20-2)15-12(10)6-16;1-2-4-6-5-3-1;2*1-2/h5,9,11,18H,3-4,6-8,14H2,1-2H3;1-6H;2*1-2H3/t9-,11?;;;/m1.../s1. The molecule has 170 valence electrons. The first-order valence-corrected chi connectivity index (χ1v) is 10.8. The van der Waals surface area contributed by atoms with E-state index in [0.29, 0.717) is 6.54 Å². The highest BCUT2D eigenvalue weighted by atomic mass is 16.5. The Morgan fingerprint density at radius 3 is 2.07 bits per heavy atom. The van der Waals surface area contributed by atoms with Crippen LogP contribution in [0, 0.1) is 0 Å². The van der Waals surface area contributed by atoms with Crippen LogP contribution in [0.5, 0.6) is 0 Å². The lowest BCUT2D eigenvalue weighted by Crippen LogP contribution is -2.38. The minimum Gasteiger partial charge on any atom is -0.468 e. The number of rotatable bonds is 6. The van der Waals surface area contributed by atoms with Crippen molar-refractivity contribution in [3.8, 4) is 0 Å². The van der Waals surface area contributed by atoms with Crippen LogP contribution < -0.4 is 5.73 Å². The lowest BCUT2D eigenvalue weighted by atomic mass is 10.1. The second kappa shape index (κ2) is 16.6. The Balaban J connectivity index is 0.000000702. The number of aliphatic hydroxyl groups excluding tert-OH is 1. The van der Waals surface area contributed by atoms with Gasteiger partial charge in [0.1, 0.15) is 6.54 Å². The summed E-state index contributed by atoms with van der Waals surface area (Å²) in [5.41, 5.74) is 7.85. The number of methoxy groups -OCH3 is 1. The van der Waals surface area contributed by atoms with E-state index in [4.69, 9.17) is 5.73 Å². The summed E-state index contributed by atoms with van der Waals surface area (Å²) in [6.07, 6.45) is 2.62. The van der Waals surface area contributed by atoms with Gasteiger partial charge in [0, 0.05) is 36.9 Å². The van der Waals surface area contributed by atoms with Crippen molar-refractivity contribution < 1.29 is 14.6 Å². The fraction of sp³-hybridized carbons (Fsp3) is 0.565. The number of hydrogen-bond acceptors (Lipinski definition) is 6. The molecule has 1 aliphatic heterocycles. The van der Waals surface area contributed by atoms with Crippen LogP contribution in [-0.2, 0) is 29.2 Å². The molecule has 0 spiro atoms. The number of nitrogens with two attached hydrogens (primary N) is 1. The van der Waals surface area contributed by atoms with Crippen molar-refractivity contribution in [2.45, 2.75) is 72.8 Å². The van der Waals surface area contributed by atoms with Gasteiger partial charge in [0.05, 0.1) is 19.4 Å². The summed E-state index contributed by atoms with van der Waals surface area (Å²) in [5.74, 6) is -0.312. The molecule has 1 aromatic carbocycles. The Hall–Kier alpha value is -2.22. The van der Waals surface area contributed by atoms with Gasteiger partial charge in [0.15, 0.2) is 0 Å². The topological polar surface area (TPSA) is 93.6 Å². The highest BCUT2D eigenvalue weighted by Gasteiger charge is 2.28. The van der Waals surface area contributed by atoms with Gasteiger partial charge in [0.2, 0.25) is 0 Å². The zero-order chi connectivity index (χ0) is 22.9. The predicted octanol–water partition coefficient (Wildman–Crippen LogP) is 3.21. The van der Waals surface area contributed by atoms with E-state index in [1.54, 1.807) is 4.68 Å². The van der Waals surface area contributed by atoms with Crippen molar-refractivity contribution >= 4 is 5.97 Å². The number of nitrogens with zero attached hydrogens (tertiary/aromatic N) is 3. The summed E-state index contributed by atoms with van der Waals surface area (Å²) in [4.78, 5) is 13.4. The molecule has 0 radical (unpaired) electrons. The maximum atomic E-state index is 11.2. The largest absolute Gasteiger partial charge is 0.468 e. The third-order valence-corrected chi connectivity index (χ3v) is 4.21. The summed E-state index contributed by atoms with van der Waals surface area (Å²) < 4.78 is 6.22. The molecule has 0 bridgehead atoms. The van der Waals surface area contributed by atoms with Gasteiger partial charge < -0.3 is 15.6 Å². The number of carbonyl (C=O) groups excluding carboxylic acids is 1. The Labute approximate surface area is 181 Å². The maximum absolute atomic E-state index is 11.2. The maximum Gasteiger partial charge on any atom is 0.327 e. The van der Waals surface area contributed by atoms with Crippen LogP contribution in [0.25, 0.3) is 0 Å². The fourth-order valence-electron chi connectivity index (χ4n) is 2.92. The number of carbonyl (C=O) groups is 1. The minimum atomic E-state index is -0.312. The molecule has 0 saturated heterocycles. The fourth-order valence-corrected chi connectivity index (χ4v) is 2.92. The van der Waals surface area contributed by atoms with Gasteiger partial charge in [-0.15, -0.1) is 0 Å². The molecule has 1 unspecified atom stereocenters. The summed E-state index contributed by atoms with van der Waals surface area (Å²) in [6.45, 7) is 11.6. The number of ether oxygens (including phenoxy) is 1. The molecule has 0 amide bonds. The van der Waals surface area contributed by atoms with E-state index in [1.807, 2.05) is 77.2 Å². The molecule has 1 aromatic heterocycles. The third-order valence-electron chi connectivity index (χ3n) is 4.21. The van der Waals surface area contributed by atoms with E-state index in [0.717, 1.165) is 24.2 Å².